The van der Waals surface area contributed by atoms with Crippen LogP contribution in [0.2, 0.25) is 0 Å². The van der Waals surface area contributed by atoms with Gasteiger partial charge < -0.3 is 4.74 Å². The molecular formula is C22H26F4O. The highest BCUT2D eigenvalue weighted by atomic mass is 19.3. The van der Waals surface area contributed by atoms with E-state index in [9.17, 15) is 17.6 Å². The molecule has 0 aliphatic heterocycles. The molecule has 2 aliphatic carbocycles. The molecule has 0 saturated heterocycles. The van der Waals surface area contributed by atoms with Crippen LogP contribution < -0.4 is 0 Å². The summed E-state index contributed by atoms with van der Waals surface area (Å²) in [7, 11) is 0.971. The van der Waals surface area contributed by atoms with Gasteiger partial charge in [0.1, 0.15) is 0 Å². The van der Waals surface area contributed by atoms with E-state index in [1.807, 2.05) is 12.1 Å². The van der Waals surface area contributed by atoms with E-state index in [1.165, 1.54) is 37.8 Å². The molecule has 0 spiro atoms. The number of hydrogen-bond donors (Lipinski definition) is 0. The monoisotopic (exact) mass is 382 g/mol. The van der Waals surface area contributed by atoms with Gasteiger partial charge >= 0.3 is 11.8 Å². The van der Waals surface area contributed by atoms with E-state index in [-0.39, 0.29) is 5.56 Å². The summed E-state index contributed by atoms with van der Waals surface area (Å²) in [6.45, 7) is 2.20. The molecule has 0 radical (unpaired) electrons. The second kappa shape index (κ2) is 7.69. The van der Waals surface area contributed by atoms with Gasteiger partial charge in [0.25, 0.3) is 0 Å². The number of rotatable bonds is 5. The van der Waals surface area contributed by atoms with Crippen LogP contribution in [-0.2, 0) is 4.74 Å². The van der Waals surface area contributed by atoms with E-state index in [0.717, 1.165) is 43.6 Å². The lowest BCUT2D eigenvalue weighted by atomic mass is 9.77. The summed E-state index contributed by atoms with van der Waals surface area (Å²) in [6.07, 6.45) is 9.01. The molecule has 0 heterocycles. The molecule has 0 N–H and O–H groups in total. The van der Waals surface area contributed by atoms with E-state index in [0.29, 0.717) is 5.92 Å². The van der Waals surface area contributed by atoms with Crippen molar-refractivity contribution in [2.24, 2.45) is 5.92 Å². The minimum absolute atomic E-state index is 0.120. The fourth-order valence-corrected chi connectivity index (χ4v) is 4.29. The Hall–Kier alpha value is -1.78. The van der Waals surface area contributed by atoms with Gasteiger partial charge in [-0.2, -0.15) is 17.6 Å². The molecule has 5 heteroatoms. The molecule has 0 unspecified atom stereocenters. The van der Waals surface area contributed by atoms with Crippen LogP contribution >= 0.6 is 0 Å². The first-order valence-electron chi connectivity index (χ1n) is 9.64. The zero-order chi connectivity index (χ0) is 19.7. The third-order valence-corrected chi connectivity index (χ3v) is 5.90. The van der Waals surface area contributed by atoms with Crippen molar-refractivity contribution in [2.75, 3.05) is 7.11 Å². The van der Waals surface area contributed by atoms with Crippen LogP contribution in [0.15, 0.2) is 42.2 Å². The van der Waals surface area contributed by atoms with Gasteiger partial charge in [-0.3, -0.25) is 0 Å². The number of ether oxygens (including phenoxy) is 1. The Labute approximate surface area is 158 Å². The van der Waals surface area contributed by atoms with Crippen LogP contribution in [0, 0.1) is 5.92 Å². The van der Waals surface area contributed by atoms with Crippen molar-refractivity contribution in [3.63, 3.8) is 0 Å². The first kappa shape index (κ1) is 20.0. The maximum Gasteiger partial charge on any atom is 0.370 e. The average molecular weight is 382 g/mol. The average Bonchev–Trinajstić information content (AvgIpc) is 2.65. The predicted molar refractivity (Wildman–Crippen MR) is 99.0 cm³/mol. The van der Waals surface area contributed by atoms with E-state index in [1.54, 1.807) is 0 Å². The molecule has 0 aromatic heterocycles. The maximum absolute atomic E-state index is 14.4. The Kier molecular flexibility index (Phi) is 5.68. The second-order valence-electron chi connectivity index (χ2n) is 7.59. The summed E-state index contributed by atoms with van der Waals surface area (Å²) in [6, 6.07) is 6.69. The number of benzene rings is 1. The zero-order valence-corrected chi connectivity index (χ0v) is 15.8. The molecule has 0 amide bonds. The SMILES string of the molecule is CCCC1CCC(c2ccc(C3=CC=C(OC)C(F)(F)C3(F)F)cc2)CC1. The Morgan fingerprint density at radius 3 is 2.11 bits per heavy atom. The number of hydrogen-bond acceptors (Lipinski definition) is 1. The second-order valence-corrected chi connectivity index (χ2v) is 7.59. The van der Waals surface area contributed by atoms with Gasteiger partial charge in [-0.25, -0.2) is 0 Å². The molecule has 1 aromatic carbocycles. The quantitative estimate of drug-likeness (QED) is 0.500. The van der Waals surface area contributed by atoms with E-state index >= 15 is 0 Å². The Morgan fingerprint density at radius 1 is 0.926 bits per heavy atom. The molecule has 0 atom stereocenters. The topological polar surface area (TPSA) is 9.23 Å². The summed E-state index contributed by atoms with van der Waals surface area (Å²) < 4.78 is 61.4. The van der Waals surface area contributed by atoms with Gasteiger partial charge in [0, 0.05) is 5.57 Å². The summed E-state index contributed by atoms with van der Waals surface area (Å²) in [5.74, 6) is -8.47. The van der Waals surface area contributed by atoms with Crippen molar-refractivity contribution in [2.45, 2.75) is 63.2 Å². The smallest absolute Gasteiger partial charge is 0.370 e. The minimum Gasteiger partial charge on any atom is -0.495 e. The number of alkyl halides is 4. The maximum atomic E-state index is 14.4. The van der Waals surface area contributed by atoms with Crippen molar-refractivity contribution < 1.29 is 22.3 Å². The standard InChI is InChI=1S/C22H26F4O/c1-3-4-15-5-7-16(8-6-15)17-9-11-18(12-10-17)19-13-14-20(27-2)22(25,26)21(19,23)24/h9-16H,3-8H2,1-2H3. The van der Waals surface area contributed by atoms with Crippen LogP contribution in [-0.4, -0.2) is 19.0 Å². The summed E-state index contributed by atoms with van der Waals surface area (Å²) >= 11 is 0. The van der Waals surface area contributed by atoms with Crippen molar-refractivity contribution >= 4 is 5.57 Å². The van der Waals surface area contributed by atoms with Gasteiger partial charge in [0.05, 0.1) is 7.11 Å². The van der Waals surface area contributed by atoms with Crippen molar-refractivity contribution in [3.8, 4) is 0 Å². The molecule has 1 saturated carbocycles. The highest BCUT2D eigenvalue weighted by Crippen LogP contribution is 2.51. The van der Waals surface area contributed by atoms with Gasteiger partial charge in [0.2, 0.25) is 0 Å². The molecule has 0 bridgehead atoms. The molecule has 27 heavy (non-hydrogen) atoms. The highest BCUT2D eigenvalue weighted by Gasteiger charge is 2.63. The largest absolute Gasteiger partial charge is 0.495 e. The molecule has 3 rings (SSSR count). The van der Waals surface area contributed by atoms with Crippen LogP contribution in [0.5, 0.6) is 0 Å². The van der Waals surface area contributed by atoms with Gasteiger partial charge in [0.15, 0.2) is 5.76 Å². The van der Waals surface area contributed by atoms with E-state index in [4.69, 9.17) is 0 Å². The highest BCUT2D eigenvalue weighted by molar-refractivity contribution is 5.75. The predicted octanol–water partition coefficient (Wildman–Crippen LogP) is 6.96. The number of methoxy groups -OCH3 is 1. The molecule has 2 aliphatic rings. The Bertz CT molecular complexity index is 710. The van der Waals surface area contributed by atoms with Crippen LogP contribution in [0.1, 0.15) is 62.5 Å². The lowest BCUT2D eigenvalue weighted by Gasteiger charge is -2.32. The van der Waals surface area contributed by atoms with Crippen LogP contribution in [0.4, 0.5) is 17.6 Å². The number of allylic oxidation sites excluding steroid dienone is 4. The molecule has 1 aromatic rings. The normalized spacial score (nSPS) is 26.9. The Balaban J connectivity index is 1.78. The molecular weight excluding hydrogens is 356 g/mol. The molecule has 148 valence electrons. The third-order valence-electron chi connectivity index (χ3n) is 5.90. The summed E-state index contributed by atoms with van der Waals surface area (Å²) in [5, 5.41) is 0. The first-order chi connectivity index (χ1) is 12.8. The van der Waals surface area contributed by atoms with Crippen molar-refractivity contribution in [3.05, 3.63) is 53.3 Å². The van der Waals surface area contributed by atoms with E-state index < -0.39 is 23.2 Å². The molecule has 1 fully saturated rings. The van der Waals surface area contributed by atoms with Gasteiger partial charge in [-0.05, 0) is 60.8 Å². The fourth-order valence-electron chi connectivity index (χ4n) is 4.29. The lowest BCUT2D eigenvalue weighted by Crippen LogP contribution is -2.45. The van der Waals surface area contributed by atoms with Gasteiger partial charge in [-0.1, -0.05) is 44.0 Å². The Morgan fingerprint density at radius 2 is 1.56 bits per heavy atom. The van der Waals surface area contributed by atoms with Crippen LogP contribution in [0.3, 0.4) is 0 Å². The first-order valence-corrected chi connectivity index (χ1v) is 9.64. The van der Waals surface area contributed by atoms with Crippen molar-refractivity contribution in [1.29, 1.82) is 0 Å². The third kappa shape index (κ3) is 3.65. The zero-order valence-electron chi connectivity index (χ0n) is 15.8. The summed E-state index contributed by atoms with van der Waals surface area (Å²) in [4.78, 5) is 0. The fraction of sp³-hybridized carbons (Fsp3) is 0.545. The van der Waals surface area contributed by atoms with Gasteiger partial charge in [-0.15, -0.1) is 0 Å². The lowest BCUT2D eigenvalue weighted by molar-refractivity contribution is -0.169. The van der Waals surface area contributed by atoms with Crippen LogP contribution in [0.25, 0.3) is 5.57 Å². The number of halogens is 4. The van der Waals surface area contributed by atoms with Crippen molar-refractivity contribution in [1.82, 2.24) is 0 Å². The minimum atomic E-state index is -4.36. The van der Waals surface area contributed by atoms with E-state index in [2.05, 4.69) is 11.7 Å². The summed E-state index contributed by atoms with van der Waals surface area (Å²) in [5.41, 5.74) is 0.550. The molecule has 1 nitrogen and oxygen atoms in total.